The number of rotatable bonds is 9. The van der Waals surface area contributed by atoms with Crippen molar-refractivity contribution in [2.75, 3.05) is 6.61 Å². The molecule has 1 heterocycles. The summed E-state index contributed by atoms with van der Waals surface area (Å²) in [4.78, 5) is 23.6. The van der Waals surface area contributed by atoms with Crippen molar-refractivity contribution in [1.82, 2.24) is 0 Å². The standard InChI is InChI=1S/C19H32O5/c1-14(2)17(21)24-18(3,4)12-8-7-11-16(20)23-19(5,6)15-10-9-13-22-15/h15H,1,7-13H2,2-6H3. The van der Waals surface area contributed by atoms with E-state index in [1.54, 1.807) is 6.92 Å². The van der Waals surface area contributed by atoms with Crippen molar-refractivity contribution < 1.29 is 23.8 Å². The molecule has 1 saturated heterocycles. The van der Waals surface area contributed by atoms with Crippen LogP contribution in [0.5, 0.6) is 0 Å². The summed E-state index contributed by atoms with van der Waals surface area (Å²) in [6.45, 7) is 13.5. The van der Waals surface area contributed by atoms with Gasteiger partial charge in [0.15, 0.2) is 0 Å². The van der Waals surface area contributed by atoms with Crippen LogP contribution in [0, 0.1) is 0 Å². The first-order valence-corrected chi connectivity index (χ1v) is 8.76. The normalized spacial score (nSPS) is 18.3. The Hall–Kier alpha value is -1.36. The maximum atomic E-state index is 12.0. The zero-order valence-electron chi connectivity index (χ0n) is 15.8. The second kappa shape index (κ2) is 8.65. The largest absolute Gasteiger partial charge is 0.457 e. The lowest BCUT2D eigenvalue weighted by Gasteiger charge is -2.30. The summed E-state index contributed by atoms with van der Waals surface area (Å²) in [5, 5.41) is 0. The van der Waals surface area contributed by atoms with Gasteiger partial charge in [-0.3, -0.25) is 4.79 Å². The smallest absolute Gasteiger partial charge is 0.333 e. The zero-order valence-corrected chi connectivity index (χ0v) is 15.8. The van der Waals surface area contributed by atoms with Crippen LogP contribution in [-0.4, -0.2) is 35.9 Å². The van der Waals surface area contributed by atoms with Crippen LogP contribution in [0.4, 0.5) is 0 Å². The highest BCUT2D eigenvalue weighted by Crippen LogP contribution is 2.27. The van der Waals surface area contributed by atoms with Crippen LogP contribution >= 0.6 is 0 Å². The van der Waals surface area contributed by atoms with Crippen LogP contribution in [0.3, 0.4) is 0 Å². The lowest BCUT2D eigenvalue weighted by atomic mass is 9.98. The summed E-state index contributed by atoms with van der Waals surface area (Å²) >= 11 is 0. The molecule has 5 heteroatoms. The van der Waals surface area contributed by atoms with Crippen LogP contribution in [0.15, 0.2) is 12.2 Å². The Morgan fingerprint density at radius 3 is 2.38 bits per heavy atom. The molecule has 138 valence electrons. The molecule has 1 unspecified atom stereocenters. The summed E-state index contributed by atoms with van der Waals surface area (Å²) in [6.07, 6.45) is 4.48. The number of carbonyl (C=O) groups is 2. The molecule has 0 radical (unpaired) electrons. The van der Waals surface area contributed by atoms with Gasteiger partial charge in [0.05, 0.1) is 6.10 Å². The Labute approximate surface area is 145 Å². The molecule has 0 spiro atoms. The van der Waals surface area contributed by atoms with Gasteiger partial charge in [-0.05, 0) is 66.7 Å². The van der Waals surface area contributed by atoms with Crippen LogP contribution < -0.4 is 0 Å². The third kappa shape index (κ3) is 7.04. The van der Waals surface area contributed by atoms with Gasteiger partial charge in [0, 0.05) is 18.6 Å². The van der Waals surface area contributed by atoms with Crippen molar-refractivity contribution in [3.63, 3.8) is 0 Å². The topological polar surface area (TPSA) is 61.8 Å². The number of carbonyl (C=O) groups excluding carboxylic acids is 2. The highest BCUT2D eigenvalue weighted by molar-refractivity contribution is 5.87. The lowest BCUT2D eigenvalue weighted by Crippen LogP contribution is -2.40. The molecule has 0 amide bonds. The highest BCUT2D eigenvalue weighted by atomic mass is 16.6. The van der Waals surface area contributed by atoms with E-state index in [0.29, 0.717) is 24.8 Å². The van der Waals surface area contributed by atoms with E-state index in [-0.39, 0.29) is 18.0 Å². The van der Waals surface area contributed by atoms with Crippen molar-refractivity contribution in [2.45, 2.75) is 90.4 Å². The van der Waals surface area contributed by atoms with Crippen LogP contribution in [0.25, 0.3) is 0 Å². The molecule has 1 fully saturated rings. The monoisotopic (exact) mass is 340 g/mol. The number of esters is 2. The van der Waals surface area contributed by atoms with Crippen molar-refractivity contribution in [3.05, 3.63) is 12.2 Å². The second-order valence-corrected chi connectivity index (χ2v) is 7.72. The number of ether oxygens (including phenoxy) is 3. The maximum absolute atomic E-state index is 12.0. The first-order valence-electron chi connectivity index (χ1n) is 8.76. The molecule has 24 heavy (non-hydrogen) atoms. The van der Waals surface area contributed by atoms with Gasteiger partial charge in [-0.25, -0.2) is 4.79 Å². The minimum Gasteiger partial charge on any atom is -0.457 e. The molecule has 5 nitrogen and oxygen atoms in total. The molecular weight excluding hydrogens is 308 g/mol. The highest BCUT2D eigenvalue weighted by Gasteiger charge is 2.36. The van der Waals surface area contributed by atoms with E-state index in [1.807, 2.05) is 27.7 Å². The summed E-state index contributed by atoms with van der Waals surface area (Å²) in [7, 11) is 0. The molecule has 0 aromatic carbocycles. The summed E-state index contributed by atoms with van der Waals surface area (Å²) in [5.41, 5.74) is -0.746. The van der Waals surface area contributed by atoms with Crippen molar-refractivity contribution in [1.29, 1.82) is 0 Å². The number of hydrogen-bond donors (Lipinski definition) is 0. The fourth-order valence-corrected chi connectivity index (χ4v) is 2.75. The van der Waals surface area contributed by atoms with Crippen molar-refractivity contribution in [2.24, 2.45) is 0 Å². The van der Waals surface area contributed by atoms with E-state index in [2.05, 4.69) is 6.58 Å². The Morgan fingerprint density at radius 1 is 1.17 bits per heavy atom. The third-order valence-electron chi connectivity index (χ3n) is 4.21. The zero-order chi connectivity index (χ0) is 18.4. The molecule has 0 aliphatic carbocycles. The average Bonchev–Trinajstić information content (AvgIpc) is 2.97. The van der Waals surface area contributed by atoms with E-state index in [9.17, 15) is 9.59 Å². The first-order chi connectivity index (χ1) is 11.0. The third-order valence-corrected chi connectivity index (χ3v) is 4.21. The van der Waals surface area contributed by atoms with Crippen LogP contribution in [-0.2, 0) is 23.8 Å². The molecule has 1 atom stereocenters. The van der Waals surface area contributed by atoms with Gasteiger partial charge in [0.25, 0.3) is 0 Å². The van der Waals surface area contributed by atoms with Crippen molar-refractivity contribution in [3.8, 4) is 0 Å². The molecule has 0 N–H and O–H groups in total. The Kier molecular flexibility index (Phi) is 7.46. The lowest BCUT2D eigenvalue weighted by molar-refractivity contribution is -0.169. The predicted octanol–water partition coefficient (Wildman–Crippen LogP) is 3.95. The minimum absolute atomic E-state index is 0.0121. The predicted molar refractivity (Wildman–Crippen MR) is 92.6 cm³/mol. The Bertz CT molecular complexity index is 458. The summed E-state index contributed by atoms with van der Waals surface area (Å²) in [6, 6.07) is 0. The molecular formula is C19H32O5. The molecule has 0 aromatic rings. The van der Waals surface area contributed by atoms with Gasteiger partial charge in [0.2, 0.25) is 0 Å². The second-order valence-electron chi connectivity index (χ2n) is 7.72. The van der Waals surface area contributed by atoms with Crippen LogP contribution in [0.1, 0.15) is 73.1 Å². The van der Waals surface area contributed by atoms with Gasteiger partial charge in [-0.15, -0.1) is 0 Å². The number of unbranched alkanes of at least 4 members (excludes halogenated alkanes) is 1. The first kappa shape index (κ1) is 20.7. The van der Waals surface area contributed by atoms with E-state index in [0.717, 1.165) is 25.9 Å². The number of hydrogen-bond acceptors (Lipinski definition) is 5. The van der Waals surface area contributed by atoms with E-state index in [1.165, 1.54) is 0 Å². The molecule has 1 aliphatic rings. The van der Waals surface area contributed by atoms with E-state index >= 15 is 0 Å². The molecule has 0 aromatic heterocycles. The van der Waals surface area contributed by atoms with Crippen molar-refractivity contribution >= 4 is 11.9 Å². The molecule has 1 rings (SSSR count). The quantitative estimate of drug-likeness (QED) is 0.361. The van der Waals surface area contributed by atoms with Gasteiger partial charge >= 0.3 is 11.9 Å². The maximum Gasteiger partial charge on any atom is 0.333 e. The Morgan fingerprint density at radius 2 is 1.83 bits per heavy atom. The van der Waals surface area contributed by atoms with Crippen LogP contribution in [0.2, 0.25) is 0 Å². The van der Waals surface area contributed by atoms with Gasteiger partial charge in [0.1, 0.15) is 11.2 Å². The summed E-state index contributed by atoms with van der Waals surface area (Å²) < 4.78 is 16.6. The SMILES string of the molecule is C=C(C)C(=O)OC(C)(C)CCCCC(=O)OC(C)(C)C1CCCO1. The molecule has 0 saturated carbocycles. The fraction of sp³-hybridized carbons (Fsp3) is 0.789. The van der Waals surface area contributed by atoms with Gasteiger partial charge in [-0.2, -0.15) is 0 Å². The summed E-state index contributed by atoms with van der Waals surface area (Å²) in [5.74, 6) is -0.579. The molecule has 1 aliphatic heterocycles. The average molecular weight is 340 g/mol. The minimum atomic E-state index is -0.579. The van der Waals surface area contributed by atoms with E-state index in [4.69, 9.17) is 14.2 Å². The Balaban J connectivity index is 2.27. The van der Waals surface area contributed by atoms with Gasteiger partial charge < -0.3 is 14.2 Å². The van der Waals surface area contributed by atoms with Gasteiger partial charge in [-0.1, -0.05) is 6.58 Å². The fourth-order valence-electron chi connectivity index (χ4n) is 2.75. The molecule has 0 bridgehead atoms. The van der Waals surface area contributed by atoms with E-state index < -0.39 is 11.2 Å².